The number of rotatable bonds is 6. The summed E-state index contributed by atoms with van der Waals surface area (Å²) in [5.41, 5.74) is 0. The Morgan fingerprint density at radius 1 is 1.76 bits per heavy atom. The smallest absolute Gasteiger partial charge is 0.230 e. The van der Waals surface area contributed by atoms with Crippen LogP contribution in [0.4, 0.5) is 0 Å². The van der Waals surface area contributed by atoms with Crippen LogP contribution in [0.1, 0.15) is 25.8 Å². The Morgan fingerprint density at radius 2 is 2.53 bits per heavy atom. The molecule has 0 unspecified atom stereocenters. The van der Waals surface area contributed by atoms with E-state index in [4.69, 9.17) is 5.11 Å². The highest BCUT2D eigenvalue weighted by Gasteiger charge is 2.26. The number of carbonyl (C=O) groups is 1. The SMILES string of the molecule is C[C@H](O)CNC(=O)CSc1nncn1C1CC1. The Bertz CT molecular complexity index is 389. The molecule has 0 bridgehead atoms. The number of aliphatic hydroxyl groups excluding tert-OH is 1. The van der Waals surface area contributed by atoms with Crippen molar-refractivity contribution in [1.82, 2.24) is 20.1 Å². The van der Waals surface area contributed by atoms with E-state index in [-0.39, 0.29) is 12.5 Å². The molecule has 1 atom stereocenters. The van der Waals surface area contributed by atoms with Gasteiger partial charge in [0.15, 0.2) is 5.16 Å². The Hall–Kier alpha value is -1.08. The second-order valence-corrected chi connectivity index (χ2v) is 5.14. The summed E-state index contributed by atoms with van der Waals surface area (Å²) in [5.74, 6) is 0.208. The van der Waals surface area contributed by atoms with Crippen LogP contribution in [0.2, 0.25) is 0 Å². The molecule has 1 aliphatic carbocycles. The van der Waals surface area contributed by atoms with E-state index in [1.807, 2.05) is 4.57 Å². The molecule has 1 fully saturated rings. The van der Waals surface area contributed by atoms with Gasteiger partial charge in [0, 0.05) is 12.6 Å². The summed E-state index contributed by atoms with van der Waals surface area (Å²) in [6, 6.07) is 0.521. The molecule has 17 heavy (non-hydrogen) atoms. The van der Waals surface area contributed by atoms with Gasteiger partial charge in [-0.15, -0.1) is 10.2 Å². The molecule has 0 aliphatic heterocycles. The summed E-state index contributed by atoms with van der Waals surface area (Å²) >= 11 is 1.38. The molecule has 0 aromatic carbocycles. The molecule has 0 saturated heterocycles. The third-order valence-corrected chi connectivity index (χ3v) is 3.36. The normalized spacial score (nSPS) is 16.8. The van der Waals surface area contributed by atoms with Gasteiger partial charge in [0.2, 0.25) is 5.91 Å². The zero-order valence-corrected chi connectivity index (χ0v) is 10.5. The first-order valence-electron chi connectivity index (χ1n) is 5.64. The molecule has 94 valence electrons. The molecule has 1 aromatic rings. The number of aliphatic hydroxyl groups is 1. The minimum Gasteiger partial charge on any atom is -0.392 e. The molecule has 6 nitrogen and oxygen atoms in total. The van der Waals surface area contributed by atoms with Crippen molar-refractivity contribution in [3.8, 4) is 0 Å². The van der Waals surface area contributed by atoms with Gasteiger partial charge in [-0.1, -0.05) is 11.8 Å². The Balaban J connectivity index is 1.77. The highest BCUT2D eigenvalue weighted by atomic mass is 32.2. The quantitative estimate of drug-likeness (QED) is 0.711. The van der Waals surface area contributed by atoms with Gasteiger partial charge in [-0.2, -0.15) is 0 Å². The zero-order valence-electron chi connectivity index (χ0n) is 9.67. The maximum atomic E-state index is 11.4. The number of thioether (sulfide) groups is 1. The predicted octanol–water partition coefficient (Wildman–Crippen LogP) is 0.202. The lowest BCUT2D eigenvalue weighted by atomic mass is 10.4. The molecule has 1 aromatic heterocycles. The van der Waals surface area contributed by atoms with Crippen molar-refractivity contribution < 1.29 is 9.90 Å². The van der Waals surface area contributed by atoms with E-state index in [2.05, 4.69) is 15.5 Å². The topological polar surface area (TPSA) is 80.0 Å². The molecule has 0 radical (unpaired) electrons. The molecule has 1 amide bonds. The maximum absolute atomic E-state index is 11.4. The van der Waals surface area contributed by atoms with Gasteiger partial charge in [-0.25, -0.2) is 0 Å². The van der Waals surface area contributed by atoms with E-state index in [9.17, 15) is 4.79 Å². The van der Waals surface area contributed by atoms with E-state index >= 15 is 0 Å². The largest absolute Gasteiger partial charge is 0.392 e. The van der Waals surface area contributed by atoms with Crippen molar-refractivity contribution in [1.29, 1.82) is 0 Å². The van der Waals surface area contributed by atoms with Gasteiger partial charge >= 0.3 is 0 Å². The van der Waals surface area contributed by atoms with Crippen LogP contribution in [0.25, 0.3) is 0 Å². The van der Waals surface area contributed by atoms with E-state index < -0.39 is 6.10 Å². The van der Waals surface area contributed by atoms with E-state index in [1.54, 1.807) is 13.3 Å². The monoisotopic (exact) mass is 256 g/mol. The molecule has 1 aliphatic rings. The number of aromatic nitrogens is 3. The average molecular weight is 256 g/mol. The first kappa shape index (κ1) is 12.4. The van der Waals surface area contributed by atoms with Crippen LogP contribution >= 0.6 is 11.8 Å². The molecular weight excluding hydrogens is 240 g/mol. The highest BCUT2D eigenvalue weighted by Crippen LogP contribution is 2.37. The first-order valence-corrected chi connectivity index (χ1v) is 6.62. The first-order chi connectivity index (χ1) is 8.16. The van der Waals surface area contributed by atoms with Gasteiger partial charge in [-0.3, -0.25) is 4.79 Å². The number of hydrogen-bond acceptors (Lipinski definition) is 5. The lowest BCUT2D eigenvalue weighted by Crippen LogP contribution is -2.31. The van der Waals surface area contributed by atoms with Crippen LogP contribution in [-0.4, -0.2) is 44.2 Å². The predicted molar refractivity (Wildman–Crippen MR) is 63.7 cm³/mol. The average Bonchev–Trinajstić information content (AvgIpc) is 3.03. The van der Waals surface area contributed by atoms with Crippen molar-refractivity contribution in [2.24, 2.45) is 0 Å². The van der Waals surface area contributed by atoms with Gasteiger partial charge < -0.3 is 15.0 Å². The standard InChI is InChI=1S/C10H16N4O2S/c1-7(15)4-11-9(16)5-17-10-13-12-6-14(10)8-2-3-8/h6-8,15H,2-5H2,1H3,(H,11,16)/t7-/m0/s1. The summed E-state index contributed by atoms with van der Waals surface area (Å²) in [6.07, 6.45) is 3.53. The lowest BCUT2D eigenvalue weighted by Gasteiger charge is -2.07. The van der Waals surface area contributed by atoms with Crippen LogP contribution in [0, 0.1) is 0 Å². The molecule has 0 spiro atoms. The number of nitrogens with one attached hydrogen (secondary N) is 1. The van der Waals surface area contributed by atoms with E-state index in [0.29, 0.717) is 11.8 Å². The fourth-order valence-corrected chi connectivity index (χ4v) is 2.19. The van der Waals surface area contributed by atoms with E-state index in [0.717, 1.165) is 5.16 Å². The van der Waals surface area contributed by atoms with Crippen LogP contribution in [0.5, 0.6) is 0 Å². The fourth-order valence-electron chi connectivity index (χ4n) is 1.38. The van der Waals surface area contributed by atoms with Crippen LogP contribution in [-0.2, 0) is 4.79 Å². The second kappa shape index (κ2) is 5.50. The molecule has 7 heteroatoms. The number of nitrogens with zero attached hydrogens (tertiary/aromatic N) is 3. The third kappa shape index (κ3) is 3.71. The Labute approximate surface area is 104 Å². The lowest BCUT2D eigenvalue weighted by molar-refractivity contribution is -0.118. The van der Waals surface area contributed by atoms with Gasteiger partial charge in [0.05, 0.1) is 11.9 Å². The molecule has 1 heterocycles. The van der Waals surface area contributed by atoms with Crippen molar-refractivity contribution in [2.75, 3.05) is 12.3 Å². The summed E-state index contributed by atoms with van der Waals surface area (Å²) in [4.78, 5) is 11.4. The van der Waals surface area contributed by atoms with Crippen LogP contribution in [0.3, 0.4) is 0 Å². The molecule has 2 rings (SSSR count). The minimum absolute atomic E-state index is 0.0961. The summed E-state index contributed by atoms with van der Waals surface area (Å²) in [7, 11) is 0. The second-order valence-electron chi connectivity index (χ2n) is 4.19. The van der Waals surface area contributed by atoms with Crippen molar-refractivity contribution >= 4 is 17.7 Å². The number of amides is 1. The van der Waals surface area contributed by atoms with E-state index in [1.165, 1.54) is 24.6 Å². The molecule has 2 N–H and O–H groups in total. The Kier molecular flexibility index (Phi) is 4.01. The van der Waals surface area contributed by atoms with Crippen LogP contribution in [0.15, 0.2) is 11.5 Å². The highest BCUT2D eigenvalue weighted by molar-refractivity contribution is 7.99. The fraction of sp³-hybridized carbons (Fsp3) is 0.700. The summed E-state index contributed by atoms with van der Waals surface area (Å²) in [6.45, 7) is 1.92. The third-order valence-electron chi connectivity index (χ3n) is 2.41. The van der Waals surface area contributed by atoms with Gasteiger partial charge in [0.1, 0.15) is 6.33 Å². The summed E-state index contributed by atoms with van der Waals surface area (Å²) in [5, 5.41) is 20.3. The number of hydrogen-bond donors (Lipinski definition) is 2. The van der Waals surface area contributed by atoms with Gasteiger partial charge in [-0.05, 0) is 19.8 Å². The van der Waals surface area contributed by atoms with Gasteiger partial charge in [0.25, 0.3) is 0 Å². The maximum Gasteiger partial charge on any atom is 0.230 e. The van der Waals surface area contributed by atoms with Crippen molar-refractivity contribution in [2.45, 2.75) is 37.1 Å². The molecular formula is C10H16N4O2S. The van der Waals surface area contributed by atoms with Crippen molar-refractivity contribution in [3.05, 3.63) is 6.33 Å². The Morgan fingerprint density at radius 3 is 3.18 bits per heavy atom. The summed E-state index contributed by atoms with van der Waals surface area (Å²) < 4.78 is 2.02. The number of carbonyl (C=O) groups excluding carboxylic acids is 1. The zero-order chi connectivity index (χ0) is 12.3. The van der Waals surface area contributed by atoms with Crippen molar-refractivity contribution in [3.63, 3.8) is 0 Å². The van der Waals surface area contributed by atoms with Crippen LogP contribution < -0.4 is 5.32 Å². The minimum atomic E-state index is -0.515. The molecule has 1 saturated carbocycles.